The number of nitriles is 2. The number of hydrogen-bond donors (Lipinski definition) is 0. The van der Waals surface area contributed by atoms with Crippen molar-refractivity contribution in [1.82, 2.24) is 4.90 Å². The molecule has 0 aliphatic carbocycles. The van der Waals surface area contributed by atoms with E-state index in [2.05, 4.69) is 17.0 Å². The van der Waals surface area contributed by atoms with Gasteiger partial charge in [0.2, 0.25) is 0 Å². The van der Waals surface area contributed by atoms with E-state index in [0.717, 1.165) is 12.1 Å². The number of nitrogens with zero attached hydrogens (tertiary/aromatic N) is 3. The van der Waals surface area contributed by atoms with Gasteiger partial charge < -0.3 is 0 Å². The van der Waals surface area contributed by atoms with E-state index in [1.54, 1.807) is 0 Å². The Kier molecular flexibility index (Phi) is 6.10. The fraction of sp³-hybridized carbons (Fsp3) is 0.385. The molecule has 0 atom stereocenters. The molecule has 88 valence electrons. The molecule has 17 heavy (non-hydrogen) atoms. The first-order chi connectivity index (χ1) is 8.26. The summed E-state index contributed by atoms with van der Waals surface area (Å²) >= 11 is 5.82. The molecule has 0 heterocycles. The highest BCUT2D eigenvalue weighted by molar-refractivity contribution is 6.30. The minimum absolute atomic E-state index is 0.485. The quantitative estimate of drug-likeness (QED) is 0.777. The number of benzene rings is 1. The van der Waals surface area contributed by atoms with E-state index in [9.17, 15) is 0 Å². The molecule has 0 fully saturated rings. The van der Waals surface area contributed by atoms with E-state index in [0.29, 0.717) is 31.0 Å². The lowest BCUT2D eigenvalue weighted by Crippen LogP contribution is -2.25. The van der Waals surface area contributed by atoms with Crippen LogP contribution in [0.5, 0.6) is 0 Å². The second-order valence-corrected chi connectivity index (χ2v) is 4.16. The van der Waals surface area contributed by atoms with Gasteiger partial charge in [-0.3, -0.25) is 4.90 Å². The van der Waals surface area contributed by atoms with Gasteiger partial charge in [0.1, 0.15) is 0 Å². The molecule has 0 aliphatic rings. The topological polar surface area (TPSA) is 50.8 Å². The Bertz CT molecular complexity index is 396. The standard InChI is InChI=1S/C13H14ClN3/c14-13-5-3-12(4-6-13)11-17(9-1-7-15)10-2-8-16/h3-6H,1-2,9-11H2. The first-order valence-corrected chi connectivity index (χ1v) is 5.84. The Labute approximate surface area is 107 Å². The van der Waals surface area contributed by atoms with Crippen LogP contribution < -0.4 is 0 Å². The van der Waals surface area contributed by atoms with Gasteiger partial charge in [0, 0.05) is 37.5 Å². The van der Waals surface area contributed by atoms with Crippen molar-refractivity contribution in [3.05, 3.63) is 34.9 Å². The van der Waals surface area contributed by atoms with Crippen LogP contribution in [-0.4, -0.2) is 18.0 Å². The predicted molar refractivity (Wildman–Crippen MR) is 67.2 cm³/mol. The first-order valence-electron chi connectivity index (χ1n) is 5.47. The molecule has 1 aromatic rings. The van der Waals surface area contributed by atoms with Gasteiger partial charge in [-0.1, -0.05) is 23.7 Å². The monoisotopic (exact) mass is 247 g/mol. The second kappa shape index (κ2) is 7.68. The van der Waals surface area contributed by atoms with E-state index >= 15 is 0 Å². The zero-order chi connectivity index (χ0) is 12.5. The molecular weight excluding hydrogens is 234 g/mol. The molecule has 3 nitrogen and oxygen atoms in total. The highest BCUT2D eigenvalue weighted by Crippen LogP contribution is 2.11. The van der Waals surface area contributed by atoms with Crippen molar-refractivity contribution < 1.29 is 0 Å². The molecule has 0 radical (unpaired) electrons. The van der Waals surface area contributed by atoms with Crippen molar-refractivity contribution in [2.45, 2.75) is 19.4 Å². The highest BCUT2D eigenvalue weighted by Gasteiger charge is 2.05. The molecule has 1 rings (SSSR count). The third-order valence-electron chi connectivity index (χ3n) is 2.40. The maximum atomic E-state index is 8.58. The van der Waals surface area contributed by atoms with Gasteiger partial charge in [-0.05, 0) is 17.7 Å². The van der Waals surface area contributed by atoms with E-state index in [1.165, 1.54) is 0 Å². The molecule has 0 saturated heterocycles. The van der Waals surface area contributed by atoms with Crippen LogP contribution in [0.3, 0.4) is 0 Å². The lowest BCUT2D eigenvalue weighted by Gasteiger charge is -2.19. The van der Waals surface area contributed by atoms with Gasteiger partial charge in [0.15, 0.2) is 0 Å². The van der Waals surface area contributed by atoms with Crippen molar-refractivity contribution in [2.24, 2.45) is 0 Å². The lowest BCUT2D eigenvalue weighted by molar-refractivity contribution is 0.278. The molecule has 0 N–H and O–H groups in total. The minimum Gasteiger partial charge on any atom is -0.297 e. The molecule has 0 aliphatic heterocycles. The number of halogens is 1. The Balaban J connectivity index is 2.55. The van der Waals surface area contributed by atoms with E-state index < -0.39 is 0 Å². The zero-order valence-electron chi connectivity index (χ0n) is 9.56. The molecule has 0 saturated carbocycles. The molecule has 4 heteroatoms. The van der Waals surface area contributed by atoms with Gasteiger partial charge in [-0.15, -0.1) is 0 Å². The molecular formula is C13H14ClN3. The summed E-state index contributed by atoms with van der Waals surface area (Å²) in [6.07, 6.45) is 0.970. The largest absolute Gasteiger partial charge is 0.297 e. The van der Waals surface area contributed by atoms with Crippen LogP contribution in [0.1, 0.15) is 18.4 Å². The van der Waals surface area contributed by atoms with E-state index in [-0.39, 0.29) is 0 Å². The summed E-state index contributed by atoms with van der Waals surface area (Å²) in [5.74, 6) is 0. The average molecular weight is 248 g/mol. The summed E-state index contributed by atoms with van der Waals surface area (Å²) in [5.41, 5.74) is 1.14. The van der Waals surface area contributed by atoms with Crippen LogP contribution in [0.2, 0.25) is 5.02 Å². The Morgan fingerprint density at radius 1 is 1.00 bits per heavy atom. The SMILES string of the molecule is N#CCCN(CCC#N)Cc1ccc(Cl)cc1. The average Bonchev–Trinajstić information content (AvgIpc) is 2.35. The van der Waals surface area contributed by atoms with Crippen molar-refractivity contribution >= 4 is 11.6 Å². The summed E-state index contributed by atoms with van der Waals surface area (Å²) < 4.78 is 0. The zero-order valence-corrected chi connectivity index (χ0v) is 10.3. The molecule has 0 spiro atoms. The molecule has 1 aromatic carbocycles. The van der Waals surface area contributed by atoms with Gasteiger partial charge in [0.25, 0.3) is 0 Å². The van der Waals surface area contributed by atoms with Crippen LogP contribution in [0.15, 0.2) is 24.3 Å². The summed E-state index contributed by atoms with van der Waals surface area (Å²) in [5, 5.41) is 17.9. The normalized spacial score (nSPS) is 9.88. The molecule has 0 bridgehead atoms. The van der Waals surface area contributed by atoms with Crippen molar-refractivity contribution in [3.8, 4) is 12.1 Å². The van der Waals surface area contributed by atoms with Gasteiger partial charge in [0.05, 0.1) is 12.1 Å². The fourth-order valence-corrected chi connectivity index (χ4v) is 1.66. The molecule has 0 amide bonds. The van der Waals surface area contributed by atoms with Crippen LogP contribution in [0.25, 0.3) is 0 Å². The van der Waals surface area contributed by atoms with Crippen LogP contribution in [0, 0.1) is 22.7 Å². The fourth-order valence-electron chi connectivity index (χ4n) is 1.53. The summed E-state index contributed by atoms with van der Waals surface area (Å²) in [4.78, 5) is 2.11. The number of rotatable bonds is 6. The summed E-state index contributed by atoms with van der Waals surface area (Å²) in [7, 11) is 0. The third kappa shape index (κ3) is 5.36. The maximum absolute atomic E-state index is 8.58. The van der Waals surface area contributed by atoms with Crippen molar-refractivity contribution in [3.63, 3.8) is 0 Å². The number of hydrogen-bond acceptors (Lipinski definition) is 3. The van der Waals surface area contributed by atoms with Crippen molar-refractivity contribution in [1.29, 1.82) is 10.5 Å². The Morgan fingerprint density at radius 3 is 2.00 bits per heavy atom. The summed E-state index contributed by atoms with van der Waals surface area (Å²) in [6, 6.07) is 11.9. The van der Waals surface area contributed by atoms with Crippen LogP contribution in [-0.2, 0) is 6.54 Å². The van der Waals surface area contributed by atoms with Crippen LogP contribution in [0.4, 0.5) is 0 Å². The Morgan fingerprint density at radius 2 is 1.53 bits per heavy atom. The first kappa shape index (κ1) is 13.5. The summed E-state index contributed by atoms with van der Waals surface area (Å²) in [6.45, 7) is 2.14. The third-order valence-corrected chi connectivity index (χ3v) is 2.65. The minimum atomic E-state index is 0.485. The highest BCUT2D eigenvalue weighted by atomic mass is 35.5. The molecule has 0 aromatic heterocycles. The lowest BCUT2D eigenvalue weighted by atomic mass is 10.2. The van der Waals surface area contributed by atoms with E-state index in [4.69, 9.17) is 22.1 Å². The van der Waals surface area contributed by atoms with E-state index in [1.807, 2.05) is 24.3 Å². The Hall–Kier alpha value is -1.55. The van der Waals surface area contributed by atoms with Gasteiger partial charge in [-0.25, -0.2) is 0 Å². The molecule has 0 unspecified atom stereocenters. The van der Waals surface area contributed by atoms with Gasteiger partial charge in [-0.2, -0.15) is 10.5 Å². The van der Waals surface area contributed by atoms with Crippen LogP contribution >= 0.6 is 11.6 Å². The maximum Gasteiger partial charge on any atom is 0.0635 e. The smallest absolute Gasteiger partial charge is 0.0635 e. The second-order valence-electron chi connectivity index (χ2n) is 3.72. The predicted octanol–water partition coefficient (Wildman–Crippen LogP) is 2.97. The van der Waals surface area contributed by atoms with Gasteiger partial charge >= 0.3 is 0 Å². The van der Waals surface area contributed by atoms with Crippen molar-refractivity contribution in [2.75, 3.05) is 13.1 Å².